The van der Waals surface area contributed by atoms with Crippen LogP contribution in [0.5, 0.6) is 0 Å². The van der Waals surface area contributed by atoms with E-state index in [2.05, 4.69) is 45.8 Å². The van der Waals surface area contributed by atoms with Crippen molar-refractivity contribution >= 4 is 23.3 Å². The van der Waals surface area contributed by atoms with Gasteiger partial charge >= 0.3 is 0 Å². The molecule has 1 aliphatic heterocycles. The van der Waals surface area contributed by atoms with Gasteiger partial charge in [-0.3, -0.25) is 4.79 Å². The number of aryl methyl sites for hydroxylation is 1. The summed E-state index contributed by atoms with van der Waals surface area (Å²) in [5, 5.41) is 0.409. The van der Waals surface area contributed by atoms with Gasteiger partial charge in [0.05, 0.1) is 27.5 Å². The molecule has 186 valence electrons. The fourth-order valence-electron chi connectivity index (χ4n) is 4.50. The van der Waals surface area contributed by atoms with Crippen LogP contribution in [0.4, 0.5) is 5.82 Å². The number of nitrogens with zero attached hydrogens (tertiary/aromatic N) is 5. The first-order valence-corrected chi connectivity index (χ1v) is 12.5. The SMILES string of the molecule is CCc1ncnc(-c2ccc(C(=O)N3CCC(CN(C)C)CC3)c(Cl)c2)c1C#Cc1ccc(N)nc1. The van der Waals surface area contributed by atoms with Crippen molar-refractivity contribution in [2.24, 2.45) is 5.92 Å². The van der Waals surface area contributed by atoms with Crippen molar-refractivity contribution in [1.82, 2.24) is 24.8 Å². The van der Waals surface area contributed by atoms with Gasteiger partial charge in [-0.2, -0.15) is 0 Å². The van der Waals surface area contributed by atoms with Crippen LogP contribution in [0.25, 0.3) is 11.3 Å². The largest absolute Gasteiger partial charge is 0.384 e. The number of carbonyl (C=O) groups excluding carboxylic acids is 1. The van der Waals surface area contributed by atoms with E-state index < -0.39 is 0 Å². The van der Waals surface area contributed by atoms with Crippen LogP contribution in [-0.2, 0) is 6.42 Å². The topological polar surface area (TPSA) is 88.2 Å². The molecule has 0 unspecified atom stereocenters. The first-order chi connectivity index (χ1) is 17.4. The zero-order valence-electron chi connectivity index (χ0n) is 21.0. The Morgan fingerprint density at radius 1 is 1.14 bits per heavy atom. The van der Waals surface area contributed by atoms with Crippen LogP contribution in [0.15, 0.2) is 42.9 Å². The van der Waals surface area contributed by atoms with Gasteiger partial charge in [0.15, 0.2) is 0 Å². The van der Waals surface area contributed by atoms with E-state index in [-0.39, 0.29) is 5.91 Å². The van der Waals surface area contributed by atoms with Gasteiger partial charge in [-0.15, -0.1) is 0 Å². The van der Waals surface area contributed by atoms with E-state index in [0.29, 0.717) is 34.4 Å². The number of halogens is 1. The van der Waals surface area contributed by atoms with E-state index in [9.17, 15) is 4.79 Å². The molecule has 1 saturated heterocycles. The van der Waals surface area contributed by atoms with Gasteiger partial charge in [0, 0.05) is 37.0 Å². The summed E-state index contributed by atoms with van der Waals surface area (Å²) >= 11 is 6.65. The minimum absolute atomic E-state index is 0.0253. The quantitative estimate of drug-likeness (QED) is 0.527. The van der Waals surface area contributed by atoms with E-state index in [1.165, 1.54) is 6.33 Å². The lowest BCUT2D eigenvalue weighted by Gasteiger charge is -2.33. The molecule has 0 atom stereocenters. The maximum absolute atomic E-state index is 13.2. The van der Waals surface area contributed by atoms with Crippen LogP contribution in [0.3, 0.4) is 0 Å². The fraction of sp³-hybridized carbons (Fsp3) is 0.357. The van der Waals surface area contributed by atoms with E-state index in [1.807, 2.05) is 24.0 Å². The van der Waals surface area contributed by atoms with E-state index in [0.717, 1.165) is 54.9 Å². The molecule has 2 aromatic heterocycles. The van der Waals surface area contributed by atoms with Crippen LogP contribution in [0.2, 0.25) is 5.02 Å². The highest BCUT2D eigenvalue weighted by Gasteiger charge is 2.25. The summed E-state index contributed by atoms with van der Waals surface area (Å²) < 4.78 is 0. The van der Waals surface area contributed by atoms with Gasteiger partial charge in [0.1, 0.15) is 12.1 Å². The third kappa shape index (κ3) is 6.01. The van der Waals surface area contributed by atoms with Crippen molar-refractivity contribution < 1.29 is 4.79 Å². The second-order valence-electron chi connectivity index (χ2n) is 9.31. The third-order valence-corrected chi connectivity index (χ3v) is 6.69. The molecule has 8 heteroatoms. The van der Waals surface area contributed by atoms with Crippen molar-refractivity contribution in [3.05, 3.63) is 70.3 Å². The Bertz CT molecular complexity index is 1290. The summed E-state index contributed by atoms with van der Waals surface area (Å²) in [6.07, 6.45) is 5.89. The summed E-state index contributed by atoms with van der Waals surface area (Å²) in [5.41, 5.74) is 9.98. The predicted molar refractivity (Wildman–Crippen MR) is 144 cm³/mol. The molecule has 0 spiro atoms. The molecule has 36 heavy (non-hydrogen) atoms. The van der Waals surface area contributed by atoms with Crippen molar-refractivity contribution in [2.45, 2.75) is 26.2 Å². The molecule has 4 rings (SSSR count). The zero-order chi connectivity index (χ0) is 25.7. The second kappa shape index (κ2) is 11.5. The molecule has 1 aliphatic rings. The maximum Gasteiger partial charge on any atom is 0.255 e. The average molecular weight is 503 g/mol. The number of hydrogen-bond donors (Lipinski definition) is 1. The van der Waals surface area contributed by atoms with Crippen molar-refractivity contribution in [3.63, 3.8) is 0 Å². The lowest BCUT2D eigenvalue weighted by molar-refractivity contribution is 0.0678. The number of benzene rings is 1. The van der Waals surface area contributed by atoms with Crippen molar-refractivity contribution in [2.75, 3.05) is 39.5 Å². The van der Waals surface area contributed by atoms with Crippen LogP contribution < -0.4 is 5.73 Å². The van der Waals surface area contributed by atoms with E-state index in [1.54, 1.807) is 24.4 Å². The fourth-order valence-corrected chi connectivity index (χ4v) is 4.76. The predicted octanol–water partition coefficient (Wildman–Crippen LogP) is 4.15. The van der Waals surface area contributed by atoms with Gasteiger partial charge in [-0.05, 0) is 63.5 Å². The Kier molecular flexibility index (Phi) is 8.19. The van der Waals surface area contributed by atoms with Crippen LogP contribution in [0, 0.1) is 17.8 Å². The Morgan fingerprint density at radius 2 is 1.92 bits per heavy atom. The number of pyridine rings is 1. The molecule has 0 aliphatic carbocycles. The summed E-state index contributed by atoms with van der Waals surface area (Å²) in [4.78, 5) is 30.4. The van der Waals surface area contributed by atoms with Crippen LogP contribution in [0.1, 0.15) is 46.9 Å². The number of piperidine rings is 1. The Morgan fingerprint density at radius 3 is 2.56 bits per heavy atom. The molecule has 3 aromatic rings. The maximum atomic E-state index is 13.2. The molecule has 7 nitrogen and oxygen atoms in total. The highest BCUT2D eigenvalue weighted by molar-refractivity contribution is 6.34. The van der Waals surface area contributed by atoms with Gasteiger partial charge in [-0.1, -0.05) is 36.4 Å². The number of nitrogens with two attached hydrogens (primary N) is 1. The molecular weight excluding hydrogens is 472 g/mol. The zero-order valence-corrected chi connectivity index (χ0v) is 21.7. The molecule has 3 heterocycles. The number of aromatic nitrogens is 3. The van der Waals surface area contributed by atoms with Gasteiger partial charge in [-0.25, -0.2) is 15.0 Å². The number of nitrogen functional groups attached to an aromatic ring is 1. The van der Waals surface area contributed by atoms with Crippen molar-refractivity contribution in [1.29, 1.82) is 0 Å². The second-order valence-corrected chi connectivity index (χ2v) is 9.72. The number of amides is 1. The molecule has 0 radical (unpaired) electrons. The number of anilines is 1. The minimum atomic E-state index is -0.0253. The molecule has 2 N–H and O–H groups in total. The summed E-state index contributed by atoms with van der Waals surface area (Å²) in [5.74, 6) is 7.39. The lowest BCUT2D eigenvalue weighted by Crippen LogP contribution is -2.40. The Balaban J connectivity index is 1.59. The normalized spacial score (nSPS) is 14.0. The van der Waals surface area contributed by atoms with Gasteiger partial charge in [0.2, 0.25) is 0 Å². The number of hydrogen-bond acceptors (Lipinski definition) is 6. The monoisotopic (exact) mass is 502 g/mol. The van der Waals surface area contributed by atoms with Gasteiger partial charge < -0.3 is 15.5 Å². The number of rotatable bonds is 5. The first-order valence-electron chi connectivity index (χ1n) is 12.2. The molecule has 1 aromatic carbocycles. The summed E-state index contributed by atoms with van der Waals surface area (Å²) in [7, 11) is 4.18. The molecule has 1 amide bonds. The standard InChI is InChI=1S/C28H31ClN6O/c1-4-25-23(8-5-19-6-10-26(30)31-16-19)27(33-18-32-25)21-7-9-22(24(29)15-21)28(36)35-13-11-20(12-14-35)17-34(2)3/h6-7,9-10,15-16,18,20H,4,11-14,17H2,1-3H3,(H2,30,31). The number of carbonyl (C=O) groups is 1. The molecule has 1 fully saturated rings. The summed E-state index contributed by atoms with van der Waals surface area (Å²) in [6.45, 7) is 4.58. The highest BCUT2D eigenvalue weighted by atomic mass is 35.5. The van der Waals surface area contributed by atoms with Crippen molar-refractivity contribution in [3.8, 4) is 23.1 Å². The Hall–Kier alpha value is -3.47. The third-order valence-electron chi connectivity index (χ3n) is 6.38. The molecular formula is C28H31ClN6O. The number of likely N-dealkylation sites (tertiary alicyclic amines) is 1. The molecule has 0 bridgehead atoms. The van der Waals surface area contributed by atoms with E-state index in [4.69, 9.17) is 17.3 Å². The smallest absolute Gasteiger partial charge is 0.255 e. The minimum Gasteiger partial charge on any atom is -0.384 e. The summed E-state index contributed by atoms with van der Waals surface area (Å²) in [6, 6.07) is 9.01. The first kappa shape index (κ1) is 25.6. The molecule has 0 saturated carbocycles. The van der Waals surface area contributed by atoms with Gasteiger partial charge in [0.25, 0.3) is 5.91 Å². The average Bonchev–Trinajstić information content (AvgIpc) is 2.88. The van der Waals surface area contributed by atoms with E-state index >= 15 is 0 Å². The Labute approximate surface area is 217 Å². The van der Waals surface area contributed by atoms with Crippen LogP contribution in [-0.4, -0.2) is 64.4 Å². The lowest BCUT2D eigenvalue weighted by atomic mass is 9.95. The van der Waals surface area contributed by atoms with Crippen LogP contribution >= 0.6 is 11.6 Å². The highest BCUT2D eigenvalue weighted by Crippen LogP contribution is 2.29.